The molecule has 2 aromatic carbocycles. The third-order valence-corrected chi connectivity index (χ3v) is 4.84. The summed E-state index contributed by atoms with van der Waals surface area (Å²) in [6.45, 7) is 0.797. The van der Waals surface area contributed by atoms with Crippen LogP contribution in [0.4, 0.5) is 15.8 Å². The highest BCUT2D eigenvalue weighted by Crippen LogP contribution is 2.31. The summed E-state index contributed by atoms with van der Waals surface area (Å²) in [7, 11) is -3.94. The standard InChI is InChI=1S/C15H15FN2O2S/c16-12-7-1-2-9-14(12)21(19,20)18-13-8-3-5-11-6-4-10-17-15(11)13/h1-3,5,7-9,17-18H,4,6,10H2. The first-order chi connectivity index (χ1) is 10.1. The molecular weight excluding hydrogens is 291 g/mol. The minimum atomic E-state index is -3.94. The molecule has 6 heteroatoms. The Bertz CT molecular complexity index is 775. The first-order valence-corrected chi connectivity index (χ1v) is 8.19. The molecule has 0 spiro atoms. The van der Waals surface area contributed by atoms with Crippen molar-refractivity contribution in [1.82, 2.24) is 0 Å². The summed E-state index contributed by atoms with van der Waals surface area (Å²) >= 11 is 0. The fourth-order valence-corrected chi connectivity index (χ4v) is 3.61. The van der Waals surface area contributed by atoms with E-state index in [0.29, 0.717) is 5.69 Å². The third-order valence-electron chi connectivity index (χ3n) is 3.45. The topological polar surface area (TPSA) is 58.2 Å². The van der Waals surface area contributed by atoms with Crippen molar-refractivity contribution in [3.05, 3.63) is 53.8 Å². The summed E-state index contributed by atoms with van der Waals surface area (Å²) in [5, 5.41) is 3.20. The Hall–Kier alpha value is -2.08. The molecule has 2 aromatic rings. The van der Waals surface area contributed by atoms with Gasteiger partial charge in [-0.15, -0.1) is 0 Å². The number of anilines is 2. The quantitative estimate of drug-likeness (QED) is 0.916. The van der Waals surface area contributed by atoms with Crippen LogP contribution in [0.2, 0.25) is 0 Å². The molecule has 21 heavy (non-hydrogen) atoms. The van der Waals surface area contributed by atoms with Crippen LogP contribution in [-0.4, -0.2) is 15.0 Å². The molecule has 0 aromatic heterocycles. The van der Waals surface area contributed by atoms with Crippen LogP contribution in [0.5, 0.6) is 0 Å². The predicted octanol–water partition coefficient (Wildman–Crippen LogP) is 2.98. The van der Waals surface area contributed by atoms with Crippen LogP contribution in [0.15, 0.2) is 47.4 Å². The van der Waals surface area contributed by atoms with Gasteiger partial charge < -0.3 is 5.32 Å². The lowest BCUT2D eigenvalue weighted by Crippen LogP contribution is -2.18. The Labute approximate surface area is 123 Å². The van der Waals surface area contributed by atoms with Gasteiger partial charge in [0.2, 0.25) is 0 Å². The van der Waals surface area contributed by atoms with Gasteiger partial charge in [0.05, 0.1) is 11.4 Å². The monoisotopic (exact) mass is 306 g/mol. The van der Waals surface area contributed by atoms with Gasteiger partial charge in [0.15, 0.2) is 0 Å². The van der Waals surface area contributed by atoms with Gasteiger partial charge in [-0.1, -0.05) is 24.3 Å². The van der Waals surface area contributed by atoms with E-state index in [1.54, 1.807) is 12.1 Å². The molecule has 1 aliphatic heterocycles. The lowest BCUT2D eigenvalue weighted by atomic mass is 10.0. The van der Waals surface area contributed by atoms with E-state index >= 15 is 0 Å². The van der Waals surface area contributed by atoms with Crippen molar-refractivity contribution in [2.75, 3.05) is 16.6 Å². The Morgan fingerprint density at radius 3 is 2.71 bits per heavy atom. The molecule has 0 saturated heterocycles. The van der Waals surface area contributed by atoms with Crippen molar-refractivity contribution < 1.29 is 12.8 Å². The van der Waals surface area contributed by atoms with Crippen LogP contribution < -0.4 is 10.0 Å². The van der Waals surface area contributed by atoms with Crippen molar-refractivity contribution in [2.24, 2.45) is 0 Å². The normalized spacial score (nSPS) is 14.1. The SMILES string of the molecule is O=S(=O)(Nc1cccc2c1NCCC2)c1ccccc1F. The lowest BCUT2D eigenvalue weighted by molar-refractivity contribution is 0.570. The largest absolute Gasteiger partial charge is 0.383 e. The van der Waals surface area contributed by atoms with Crippen molar-refractivity contribution in [2.45, 2.75) is 17.7 Å². The van der Waals surface area contributed by atoms with Crippen molar-refractivity contribution in [3.63, 3.8) is 0 Å². The second-order valence-electron chi connectivity index (χ2n) is 4.91. The first kappa shape index (κ1) is 13.9. The van der Waals surface area contributed by atoms with Gasteiger partial charge in [0.25, 0.3) is 10.0 Å². The fraction of sp³-hybridized carbons (Fsp3) is 0.200. The Kier molecular flexibility index (Phi) is 3.55. The maximum Gasteiger partial charge on any atom is 0.264 e. The number of rotatable bonds is 3. The molecule has 2 N–H and O–H groups in total. The third kappa shape index (κ3) is 2.71. The number of benzene rings is 2. The van der Waals surface area contributed by atoms with E-state index in [1.807, 2.05) is 6.07 Å². The van der Waals surface area contributed by atoms with E-state index in [0.717, 1.165) is 36.7 Å². The van der Waals surface area contributed by atoms with Gasteiger partial charge >= 0.3 is 0 Å². The van der Waals surface area contributed by atoms with Gasteiger partial charge in [0, 0.05) is 6.54 Å². The van der Waals surface area contributed by atoms with Gasteiger partial charge in [-0.05, 0) is 36.6 Å². The van der Waals surface area contributed by atoms with Crippen LogP contribution in [0, 0.1) is 5.82 Å². The number of aryl methyl sites for hydroxylation is 1. The molecule has 3 rings (SSSR count). The number of fused-ring (bicyclic) bond motifs is 1. The molecule has 4 nitrogen and oxygen atoms in total. The van der Waals surface area contributed by atoms with E-state index in [-0.39, 0.29) is 4.90 Å². The summed E-state index contributed by atoms with van der Waals surface area (Å²) in [5.74, 6) is -0.761. The Morgan fingerprint density at radius 2 is 1.90 bits per heavy atom. The average Bonchev–Trinajstić information content (AvgIpc) is 2.47. The zero-order valence-electron chi connectivity index (χ0n) is 11.3. The highest BCUT2D eigenvalue weighted by Gasteiger charge is 2.21. The van der Waals surface area contributed by atoms with Crippen LogP contribution in [0.25, 0.3) is 0 Å². The van der Waals surface area contributed by atoms with Crippen molar-refractivity contribution >= 4 is 21.4 Å². The molecule has 0 bridgehead atoms. The highest BCUT2D eigenvalue weighted by molar-refractivity contribution is 7.92. The molecule has 1 heterocycles. The maximum atomic E-state index is 13.7. The second kappa shape index (κ2) is 5.37. The minimum absolute atomic E-state index is 0.349. The molecule has 0 unspecified atom stereocenters. The Morgan fingerprint density at radius 1 is 1.10 bits per heavy atom. The van der Waals surface area contributed by atoms with Gasteiger partial charge in [-0.2, -0.15) is 0 Å². The molecule has 0 amide bonds. The molecule has 0 aliphatic carbocycles. The molecule has 110 valence electrons. The summed E-state index contributed by atoms with van der Waals surface area (Å²) in [5.41, 5.74) is 2.30. The highest BCUT2D eigenvalue weighted by atomic mass is 32.2. The van der Waals surface area contributed by atoms with Gasteiger partial charge in [0.1, 0.15) is 10.7 Å². The van der Waals surface area contributed by atoms with Crippen LogP contribution in [0.3, 0.4) is 0 Å². The Balaban J connectivity index is 1.99. The zero-order chi connectivity index (χ0) is 14.9. The number of sulfonamides is 1. The first-order valence-electron chi connectivity index (χ1n) is 6.71. The van der Waals surface area contributed by atoms with Gasteiger partial charge in [-0.25, -0.2) is 12.8 Å². The second-order valence-corrected chi connectivity index (χ2v) is 6.56. The summed E-state index contributed by atoms with van der Waals surface area (Å²) in [6, 6.07) is 10.8. The van der Waals surface area contributed by atoms with Crippen LogP contribution in [-0.2, 0) is 16.4 Å². The molecule has 0 fully saturated rings. The number of hydrogen-bond acceptors (Lipinski definition) is 3. The minimum Gasteiger partial charge on any atom is -0.383 e. The maximum absolute atomic E-state index is 13.7. The van der Waals surface area contributed by atoms with E-state index in [1.165, 1.54) is 18.2 Å². The number of hydrogen-bond donors (Lipinski definition) is 2. The smallest absolute Gasteiger partial charge is 0.264 e. The number of nitrogens with one attached hydrogen (secondary N) is 2. The lowest BCUT2D eigenvalue weighted by Gasteiger charge is -2.21. The van der Waals surface area contributed by atoms with E-state index in [4.69, 9.17) is 0 Å². The van der Waals surface area contributed by atoms with E-state index in [9.17, 15) is 12.8 Å². The average molecular weight is 306 g/mol. The molecule has 0 saturated carbocycles. The van der Waals surface area contributed by atoms with E-state index in [2.05, 4.69) is 10.0 Å². The predicted molar refractivity (Wildman–Crippen MR) is 80.5 cm³/mol. The number of para-hydroxylation sites is 1. The summed E-state index contributed by atoms with van der Waals surface area (Å²) in [6.07, 6.45) is 1.91. The van der Waals surface area contributed by atoms with E-state index < -0.39 is 15.8 Å². The van der Waals surface area contributed by atoms with Gasteiger partial charge in [-0.3, -0.25) is 4.72 Å². The van der Waals surface area contributed by atoms with Crippen molar-refractivity contribution in [1.29, 1.82) is 0 Å². The summed E-state index contributed by atoms with van der Waals surface area (Å²) in [4.78, 5) is -0.349. The van der Waals surface area contributed by atoms with Crippen molar-refractivity contribution in [3.8, 4) is 0 Å². The molecule has 0 radical (unpaired) electrons. The van der Waals surface area contributed by atoms with Crippen LogP contribution >= 0.6 is 0 Å². The molecule has 1 aliphatic rings. The fourth-order valence-electron chi connectivity index (χ4n) is 2.46. The molecular formula is C15H15FN2O2S. The summed E-state index contributed by atoms with van der Waals surface area (Å²) < 4.78 is 40.8. The zero-order valence-corrected chi connectivity index (χ0v) is 12.1. The molecule has 0 atom stereocenters. The van der Waals surface area contributed by atoms with Crippen LogP contribution in [0.1, 0.15) is 12.0 Å². The number of halogens is 1.